The lowest BCUT2D eigenvalue weighted by atomic mass is 9.95. The van der Waals surface area contributed by atoms with Gasteiger partial charge in [-0.1, -0.05) is 18.2 Å². The molecule has 1 saturated heterocycles. The number of hydrogen-bond donors (Lipinski definition) is 2. The average Bonchev–Trinajstić information content (AvgIpc) is 3.28. The fourth-order valence-corrected chi connectivity index (χ4v) is 3.81. The van der Waals surface area contributed by atoms with E-state index in [0.29, 0.717) is 12.2 Å². The zero-order valence-electron chi connectivity index (χ0n) is 16.8. The number of likely N-dealkylation sites (tertiary alicyclic amines) is 1. The van der Waals surface area contributed by atoms with E-state index in [1.165, 1.54) is 17.3 Å². The normalized spacial score (nSPS) is 18.6. The van der Waals surface area contributed by atoms with E-state index in [-0.39, 0.29) is 24.0 Å². The van der Waals surface area contributed by atoms with Crippen LogP contribution in [0.5, 0.6) is 0 Å². The molecule has 0 spiro atoms. The SMILES string of the molecule is CC(C)OCCN1C(=O)C(=O)/C(=C(/O)c2ccncc2)C1c1c[nH]c2ccccc12. The van der Waals surface area contributed by atoms with Gasteiger partial charge in [-0.2, -0.15) is 0 Å². The molecule has 1 amide bonds. The molecule has 1 atom stereocenters. The molecule has 1 fully saturated rings. The third-order valence-electron chi connectivity index (χ3n) is 5.19. The van der Waals surface area contributed by atoms with E-state index in [1.54, 1.807) is 18.3 Å². The van der Waals surface area contributed by atoms with Gasteiger partial charge in [-0.05, 0) is 32.0 Å². The van der Waals surface area contributed by atoms with E-state index in [9.17, 15) is 14.7 Å². The zero-order valence-corrected chi connectivity index (χ0v) is 16.8. The van der Waals surface area contributed by atoms with E-state index in [1.807, 2.05) is 38.1 Å². The molecule has 7 nitrogen and oxygen atoms in total. The van der Waals surface area contributed by atoms with Crippen LogP contribution in [0.2, 0.25) is 0 Å². The summed E-state index contributed by atoms with van der Waals surface area (Å²) in [5.41, 5.74) is 2.15. The van der Waals surface area contributed by atoms with Gasteiger partial charge in [0.25, 0.3) is 11.7 Å². The van der Waals surface area contributed by atoms with Crippen molar-refractivity contribution in [3.8, 4) is 0 Å². The summed E-state index contributed by atoms with van der Waals surface area (Å²) in [4.78, 5) is 34.5. The highest BCUT2D eigenvalue weighted by Gasteiger charge is 2.46. The van der Waals surface area contributed by atoms with Crippen LogP contribution in [0.25, 0.3) is 16.7 Å². The van der Waals surface area contributed by atoms with Crippen LogP contribution in [0.4, 0.5) is 0 Å². The molecule has 1 unspecified atom stereocenters. The Balaban J connectivity index is 1.85. The summed E-state index contributed by atoms with van der Waals surface area (Å²) in [5.74, 6) is -1.56. The standard InChI is InChI=1S/C23H23N3O4/c1-14(2)30-12-11-26-20(17-13-25-18-6-4-3-5-16(17)18)19(22(28)23(26)29)21(27)15-7-9-24-10-8-15/h3-10,13-14,20,25,27H,11-12H2,1-2H3/b21-19+. The summed E-state index contributed by atoms with van der Waals surface area (Å²) >= 11 is 0. The number of aliphatic hydroxyl groups is 1. The number of fused-ring (bicyclic) bond motifs is 1. The Kier molecular flexibility index (Phi) is 5.37. The van der Waals surface area contributed by atoms with Gasteiger partial charge >= 0.3 is 0 Å². The van der Waals surface area contributed by atoms with Crippen LogP contribution in [-0.4, -0.2) is 50.9 Å². The highest BCUT2D eigenvalue weighted by Crippen LogP contribution is 2.41. The van der Waals surface area contributed by atoms with Crippen molar-refractivity contribution in [1.82, 2.24) is 14.9 Å². The maximum absolute atomic E-state index is 13.0. The molecule has 4 rings (SSSR count). The van der Waals surface area contributed by atoms with Gasteiger partial charge in [0.1, 0.15) is 5.76 Å². The number of hydrogen-bond acceptors (Lipinski definition) is 5. The predicted molar refractivity (Wildman–Crippen MR) is 113 cm³/mol. The first-order valence-electron chi connectivity index (χ1n) is 9.85. The van der Waals surface area contributed by atoms with Crippen LogP contribution < -0.4 is 0 Å². The lowest BCUT2D eigenvalue weighted by molar-refractivity contribution is -0.140. The van der Waals surface area contributed by atoms with Crippen molar-refractivity contribution < 1.29 is 19.4 Å². The second-order valence-corrected chi connectivity index (χ2v) is 7.44. The summed E-state index contributed by atoms with van der Waals surface area (Å²) < 4.78 is 5.62. The summed E-state index contributed by atoms with van der Waals surface area (Å²) in [7, 11) is 0. The lowest BCUT2D eigenvalue weighted by Gasteiger charge is -2.25. The van der Waals surface area contributed by atoms with E-state index in [2.05, 4.69) is 9.97 Å². The maximum atomic E-state index is 13.0. The summed E-state index contributed by atoms with van der Waals surface area (Å²) in [6.45, 7) is 4.35. The molecule has 7 heteroatoms. The van der Waals surface area contributed by atoms with Crippen LogP contribution in [0.3, 0.4) is 0 Å². The van der Waals surface area contributed by atoms with E-state index in [0.717, 1.165) is 16.5 Å². The van der Waals surface area contributed by atoms with Crippen LogP contribution >= 0.6 is 0 Å². The van der Waals surface area contributed by atoms with Gasteiger partial charge < -0.3 is 19.7 Å². The summed E-state index contributed by atoms with van der Waals surface area (Å²) in [6, 6.07) is 10.2. The average molecular weight is 405 g/mol. The van der Waals surface area contributed by atoms with Gasteiger partial charge in [0, 0.05) is 47.2 Å². The van der Waals surface area contributed by atoms with Crippen molar-refractivity contribution >= 4 is 28.4 Å². The summed E-state index contributed by atoms with van der Waals surface area (Å²) in [6.07, 6.45) is 4.85. The highest BCUT2D eigenvalue weighted by molar-refractivity contribution is 6.46. The smallest absolute Gasteiger partial charge is 0.295 e. The Bertz CT molecular complexity index is 1120. The second-order valence-electron chi connectivity index (χ2n) is 7.44. The van der Waals surface area contributed by atoms with Crippen molar-refractivity contribution in [1.29, 1.82) is 0 Å². The molecule has 2 N–H and O–H groups in total. The number of carbonyl (C=O) groups excluding carboxylic acids is 2. The van der Waals surface area contributed by atoms with Crippen molar-refractivity contribution in [2.75, 3.05) is 13.2 Å². The quantitative estimate of drug-likeness (QED) is 0.372. The molecule has 1 aliphatic rings. The van der Waals surface area contributed by atoms with Crippen LogP contribution in [0.15, 0.2) is 60.6 Å². The first-order valence-corrected chi connectivity index (χ1v) is 9.85. The van der Waals surface area contributed by atoms with Gasteiger partial charge in [0.2, 0.25) is 0 Å². The minimum Gasteiger partial charge on any atom is -0.507 e. The number of amides is 1. The molecule has 0 aliphatic carbocycles. The predicted octanol–water partition coefficient (Wildman–Crippen LogP) is 3.41. The number of aliphatic hydroxyl groups excluding tert-OH is 1. The number of aromatic amines is 1. The Labute approximate surface area is 174 Å². The molecule has 30 heavy (non-hydrogen) atoms. The van der Waals surface area contributed by atoms with Crippen molar-refractivity contribution in [2.24, 2.45) is 0 Å². The number of rotatable bonds is 6. The number of benzene rings is 1. The van der Waals surface area contributed by atoms with E-state index in [4.69, 9.17) is 4.74 Å². The van der Waals surface area contributed by atoms with Gasteiger partial charge in [-0.25, -0.2) is 0 Å². The molecule has 2 aromatic heterocycles. The van der Waals surface area contributed by atoms with Gasteiger partial charge in [0.15, 0.2) is 0 Å². The second kappa shape index (κ2) is 8.12. The Morgan fingerprint density at radius 3 is 2.67 bits per heavy atom. The van der Waals surface area contributed by atoms with Gasteiger partial charge in [-0.15, -0.1) is 0 Å². The zero-order chi connectivity index (χ0) is 21.3. The lowest BCUT2D eigenvalue weighted by Crippen LogP contribution is -2.33. The first kappa shape index (κ1) is 19.8. The van der Waals surface area contributed by atoms with Crippen LogP contribution in [-0.2, 0) is 14.3 Å². The Hall–Kier alpha value is -3.45. The number of pyridine rings is 1. The fraction of sp³-hybridized carbons (Fsp3) is 0.261. The molecular formula is C23H23N3O4. The minimum absolute atomic E-state index is 0.00480. The van der Waals surface area contributed by atoms with Crippen molar-refractivity contribution in [3.05, 3.63) is 71.7 Å². The number of ketones is 1. The minimum atomic E-state index is -0.718. The largest absolute Gasteiger partial charge is 0.507 e. The molecule has 3 aromatic rings. The topological polar surface area (TPSA) is 95.5 Å². The molecule has 154 valence electrons. The number of carbonyl (C=O) groups is 2. The molecule has 1 aliphatic heterocycles. The Morgan fingerprint density at radius 1 is 1.20 bits per heavy atom. The van der Waals surface area contributed by atoms with Gasteiger partial charge in [0.05, 0.1) is 24.3 Å². The fourth-order valence-electron chi connectivity index (χ4n) is 3.81. The molecule has 3 heterocycles. The number of nitrogens with zero attached hydrogens (tertiary/aromatic N) is 2. The number of H-pyrrole nitrogens is 1. The molecule has 1 aromatic carbocycles. The number of ether oxygens (including phenoxy) is 1. The number of aromatic nitrogens is 2. The monoisotopic (exact) mass is 405 g/mol. The molecule has 0 saturated carbocycles. The van der Waals surface area contributed by atoms with Gasteiger partial charge in [-0.3, -0.25) is 14.6 Å². The maximum Gasteiger partial charge on any atom is 0.295 e. The number of para-hydroxylation sites is 1. The molecule has 0 radical (unpaired) electrons. The van der Waals surface area contributed by atoms with E-state index >= 15 is 0 Å². The van der Waals surface area contributed by atoms with Crippen molar-refractivity contribution in [3.63, 3.8) is 0 Å². The van der Waals surface area contributed by atoms with Crippen LogP contribution in [0, 0.1) is 0 Å². The number of nitrogens with one attached hydrogen (secondary N) is 1. The van der Waals surface area contributed by atoms with Crippen molar-refractivity contribution in [2.45, 2.75) is 26.0 Å². The van der Waals surface area contributed by atoms with Crippen LogP contribution in [0.1, 0.15) is 31.0 Å². The Morgan fingerprint density at radius 2 is 1.93 bits per heavy atom. The third-order valence-corrected chi connectivity index (χ3v) is 5.19. The number of Topliss-reactive ketones (excluding diaryl/α,β-unsaturated/α-hetero) is 1. The molecule has 0 bridgehead atoms. The highest BCUT2D eigenvalue weighted by atomic mass is 16.5. The summed E-state index contributed by atoms with van der Waals surface area (Å²) in [5, 5.41) is 11.9. The van der Waals surface area contributed by atoms with E-state index < -0.39 is 17.7 Å². The molecular weight excluding hydrogens is 382 g/mol. The third kappa shape index (κ3) is 3.48. The first-order chi connectivity index (χ1) is 14.5.